The standard InChI is InChI=1S/C9H13N3O/c1-6(2)5-11-9-8(4-10)12-7(3)13-9/h6,11H,5H2,1-3H3. The number of hydrogen-bond donors (Lipinski definition) is 1. The van der Waals surface area contributed by atoms with E-state index in [4.69, 9.17) is 9.68 Å². The first-order valence-corrected chi connectivity index (χ1v) is 4.25. The molecule has 0 aliphatic carbocycles. The van der Waals surface area contributed by atoms with Crippen molar-refractivity contribution in [1.29, 1.82) is 5.26 Å². The van der Waals surface area contributed by atoms with Gasteiger partial charge in [0.15, 0.2) is 5.89 Å². The van der Waals surface area contributed by atoms with Gasteiger partial charge < -0.3 is 9.73 Å². The molecule has 1 aromatic heterocycles. The molecule has 1 heterocycles. The van der Waals surface area contributed by atoms with Gasteiger partial charge in [0.25, 0.3) is 0 Å². The number of oxazole rings is 1. The fraction of sp³-hybridized carbons (Fsp3) is 0.556. The molecule has 4 heteroatoms. The summed E-state index contributed by atoms with van der Waals surface area (Å²) >= 11 is 0. The first kappa shape index (κ1) is 9.59. The molecule has 0 bridgehead atoms. The molecule has 1 rings (SSSR count). The molecule has 1 N–H and O–H groups in total. The second-order valence-electron chi connectivity index (χ2n) is 3.30. The summed E-state index contributed by atoms with van der Waals surface area (Å²) in [6.45, 7) is 6.68. The lowest BCUT2D eigenvalue weighted by atomic mass is 10.2. The van der Waals surface area contributed by atoms with Gasteiger partial charge in [-0.15, -0.1) is 0 Å². The molecule has 0 aromatic carbocycles. The minimum absolute atomic E-state index is 0.332. The maximum absolute atomic E-state index is 8.68. The third kappa shape index (κ3) is 2.48. The van der Waals surface area contributed by atoms with Gasteiger partial charge in [0.05, 0.1) is 0 Å². The third-order valence-corrected chi connectivity index (χ3v) is 1.51. The van der Waals surface area contributed by atoms with E-state index >= 15 is 0 Å². The second-order valence-corrected chi connectivity index (χ2v) is 3.30. The summed E-state index contributed by atoms with van der Waals surface area (Å²) in [7, 11) is 0. The predicted octanol–water partition coefficient (Wildman–Crippen LogP) is 1.92. The van der Waals surface area contributed by atoms with Gasteiger partial charge in [-0.2, -0.15) is 5.26 Å². The zero-order valence-electron chi connectivity index (χ0n) is 8.09. The van der Waals surface area contributed by atoms with Crippen LogP contribution < -0.4 is 5.32 Å². The van der Waals surface area contributed by atoms with Crippen LogP contribution in [0.4, 0.5) is 5.88 Å². The van der Waals surface area contributed by atoms with Crippen molar-refractivity contribution >= 4 is 5.88 Å². The normalized spacial score (nSPS) is 10.1. The number of nitriles is 1. The van der Waals surface area contributed by atoms with Gasteiger partial charge in [-0.25, -0.2) is 4.98 Å². The molecule has 70 valence electrons. The van der Waals surface area contributed by atoms with Gasteiger partial charge in [0.2, 0.25) is 11.6 Å². The van der Waals surface area contributed by atoms with Crippen molar-refractivity contribution in [2.45, 2.75) is 20.8 Å². The molecular weight excluding hydrogens is 166 g/mol. The lowest BCUT2D eigenvalue weighted by Gasteiger charge is -2.04. The van der Waals surface area contributed by atoms with Crippen LogP contribution in [0, 0.1) is 24.2 Å². The Hall–Kier alpha value is -1.50. The van der Waals surface area contributed by atoms with Crippen molar-refractivity contribution in [3.63, 3.8) is 0 Å². The minimum atomic E-state index is 0.332. The van der Waals surface area contributed by atoms with Crippen molar-refractivity contribution in [2.24, 2.45) is 5.92 Å². The molecule has 0 radical (unpaired) electrons. The number of anilines is 1. The number of aryl methyl sites for hydroxylation is 1. The van der Waals surface area contributed by atoms with Crippen LogP contribution in [0.1, 0.15) is 25.4 Å². The Kier molecular flexibility index (Phi) is 2.91. The Morgan fingerprint density at radius 3 is 2.85 bits per heavy atom. The van der Waals surface area contributed by atoms with Gasteiger partial charge in [-0.1, -0.05) is 13.8 Å². The Bertz CT molecular complexity index is 322. The average molecular weight is 179 g/mol. The molecular formula is C9H13N3O. The maximum Gasteiger partial charge on any atom is 0.232 e. The molecule has 0 spiro atoms. The Morgan fingerprint density at radius 1 is 1.62 bits per heavy atom. The van der Waals surface area contributed by atoms with Gasteiger partial charge in [-0.3, -0.25) is 0 Å². The first-order chi connectivity index (χ1) is 6.13. The monoisotopic (exact) mass is 179 g/mol. The van der Waals surface area contributed by atoms with E-state index in [0.29, 0.717) is 23.4 Å². The molecule has 4 nitrogen and oxygen atoms in total. The van der Waals surface area contributed by atoms with Crippen LogP contribution in [0.15, 0.2) is 4.42 Å². The molecule has 0 atom stereocenters. The molecule has 0 fully saturated rings. The summed E-state index contributed by atoms with van der Waals surface area (Å²) in [6.07, 6.45) is 0. The topological polar surface area (TPSA) is 61.9 Å². The van der Waals surface area contributed by atoms with E-state index in [1.807, 2.05) is 6.07 Å². The number of nitrogens with zero attached hydrogens (tertiary/aromatic N) is 2. The van der Waals surface area contributed by atoms with Crippen LogP contribution in [0.2, 0.25) is 0 Å². The van der Waals surface area contributed by atoms with Crippen LogP contribution in [-0.2, 0) is 0 Å². The SMILES string of the molecule is Cc1nc(C#N)c(NCC(C)C)o1. The van der Waals surface area contributed by atoms with Crippen molar-refractivity contribution in [3.05, 3.63) is 11.6 Å². The Labute approximate surface area is 77.6 Å². The molecule has 0 aliphatic rings. The quantitative estimate of drug-likeness (QED) is 0.770. The second kappa shape index (κ2) is 3.94. The lowest BCUT2D eigenvalue weighted by Crippen LogP contribution is -2.08. The fourth-order valence-corrected chi connectivity index (χ4v) is 0.919. The maximum atomic E-state index is 8.68. The third-order valence-electron chi connectivity index (χ3n) is 1.51. The molecule has 0 saturated heterocycles. The highest BCUT2D eigenvalue weighted by Gasteiger charge is 2.09. The summed E-state index contributed by atoms with van der Waals surface area (Å²) in [5.74, 6) is 1.51. The van der Waals surface area contributed by atoms with E-state index in [0.717, 1.165) is 6.54 Å². The molecule has 0 saturated carbocycles. The van der Waals surface area contributed by atoms with Gasteiger partial charge in [0, 0.05) is 13.5 Å². The predicted molar refractivity (Wildman–Crippen MR) is 49.3 cm³/mol. The molecule has 0 unspecified atom stereocenters. The minimum Gasteiger partial charge on any atom is -0.424 e. The van der Waals surface area contributed by atoms with Crippen LogP contribution in [-0.4, -0.2) is 11.5 Å². The summed E-state index contributed by atoms with van der Waals surface area (Å²) in [5, 5.41) is 11.7. The zero-order valence-corrected chi connectivity index (χ0v) is 8.09. The summed E-state index contributed by atoms with van der Waals surface area (Å²) < 4.78 is 5.21. The van der Waals surface area contributed by atoms with E-state index in [2.05, 4.69) is 24.1 Å². The average Bonchev–Trinajstić information content (AvgIpc) is 2.42. The van der Waals surface area contributed by atoms with Crippen molar-refractivity contribution in [2.75, 3.05) is 11.9 Å². The van der Waals surface area contributed by atoms with Crippen LogP contribution >= 0.6 is 0 Å². The van der Waals surface area contributed by atoms with Crippen LogP contribution in [0.25, 0.3) is 0 Å². The number of rotatable bonds is 3. The summed E-state index contributed by atoms with van der Waals surface area (Å²) in [5.41, 5.74) is 0.332. The first-order valence-electron chi connectivity index (χ1n) is 4.25. The van der Waals surface area contributed by atoms with Gasteiger partial charge in [-0.05, 0) is 5.92 Å². The fourth-order valence-electron chi connectivity index (χ4n) is 0.919. The van der Waals surface area contributed by atoms with Crippen molar-refractivity contribution in [3.8, 4) is 6.07 Å². The van der Waals surface area contributed by atoms with Gasteiger partial charge >= 0.3 is 0 Å². The number of nitrogens with one attached hydrogen (secondary N) is 1. The number of aromatic nitrogens is 1. The highest BCUT2D eigenvalue weighted by Crippen LogP contribution is 2.15. The van der Waals surface area contributed by atoms with Crippen LogP contribution in [0.5, 0.6) is 0 Å². The van der Waals surface area contributed by atoms with E-state index in [1.165, 1.54) is 0 Å². The van der Waals surface area contributed by atoms with E-state index < -0.39 is 0 Å². The van der Waals surface area contributed by atoms with Gasteiger partial charge in [0.1, 0.15) is 6.07 Å². The number of hydrogen-bond acceptors (Lipinski definition) is 4. The summed E-state index contributed by atoms with van der Waals surface area (Å²) in [6, 6.07) is 1.97. The Balaban J connectivity index is 2.71. The Morgan fingerprint density at radius 2 is 2.31 bits per heavy atom. The molecule has 13 heavy (non-hydrogen) atoms. The van der Waals surface area contributed by atoms with Crippen LogP contribution in [0.3, 0.4) is 0 Å². The van der Waals surface area contributed by atoms with Crippen molar-refractivity contribution in [1.82, 2.24) is 4.98 Å². The lowest BCUT2D eigenvalue weighted by molar-refractivity contribution is 0.527. The highest BCUT2D eigenvalue weighted by molar-refractivity contribution is 5.45. The molecule has 0 aliphatic heterocycles. The smallest absolute Gasteiger partial charge is 0.232 e. The highest BCUT2D eigenvalue weighted by atomic mass is 16.4. The molecule has 0 amide bonds. The molecule has 1 aromatic rings. The summed E-state index contributed by atoms with van der Waals surface area (Å²) in [4.78, 5) is 3.92. The van der Waals surface area contributed by atoms with E-state index in [9.17, 15) is 0 Å². The van der Waals surface area contributed by atoms with E-state index in [-0.39, 0.29) is 0 Å². The zero-order chi connectivity index (χ0) is 9.84. The van der Waals surface area contributed by atoms with E-state index in [1.54, 1.807) is 6.92 Å². The largest absolute Gasteiger partial charge is 0.424 e. The van der Waals surface area contributed by atoms with Crippen molar-refractivity contribution < 1.29 is 4.42 Å².